The van der Waals surface area contributed by atoms with Gasteiger partial charge in [0.25, 0.3) is 5.91 Å². The van der Waals surface area contributed by atoms with Crippen LogP contribution in [0.4, 0.5) is 27.6 Å². The third-order valence-corrected chi connectivity index (χ3v) is 3.09. The normalized spacial score (nSPS) is 10.6. The van der Waals surface area contributed by atoms with E-state index in [2.05, 4.69) is 20.9 Å². The molecular formula is C12H4BrF5N2O. The highest BCUT2D eigenvalue weighted by atomic mass is 79.9. The molecule has 0 saturated carbocycles. The molecule has 1 N–H and O–H groups in total. The highest BCUT2D eigenvalue weighted by molar-refractivity contribution is 9.10. The van der Waals surface area contributed by atoms with Crippen molar-refractivity contribution in [2.24, 2.45) is 0 Å². The van der Waals surface area contributed by atoms with Crippen LogP contribution in [-0.2, 0) is 0 Å². The van der Waals surface area contributed by atoms with Gasteiger partial charge in [0, 0.05) is 12.4 Å². The van der Waals surface area contributed by atoms with Gasteiger partial charge < -0.3 is 5.32 Å². The van der Waals surface area contributed by atoms with Crippen LogP contribution in [0, 0.1) is 29.1 Å². The van der Waals surface area contributed by atoms with Crippen molar-refractivity contribution in [3.05, 3.63) is 57.6 Å². The van der Waals surface area contributed by atoms with Gasteiger partial charge in [-0.05, 0) is 22.0 Å². The molecule has 0 bridgehead atoms. The van der Waals surface area contributed by atoms with Gasteiger partial charge >= 0.3 is 0 Å². The Morgan fingerprint density at radius 2 is 1.52 bits per heavy atom. The average Bonchev–Trinajstić information content (AvgIpc) is 2.46. The van der Waals surface area contributed by atoms with Crippen molar-refractivity contribution in [1.82, 2.24) is 4.98 Å². The maximum Gasteiger partial charge on any atom is 0.261 e. The van der Waals surface area contributed by atoms with Crippen LogP contribution in [-0.4, -0.2) is 10.9 Å². The van der Waals surface area contributed by atoms with Gasteiger partial charge in [0.15, 0.2) is 23.3 Å². The summed E-state index contributed by atoms with van der Waals surface area (Å²) in [6.07, 6.45) is 2.53. The van der Waals surface area contributed by atoms with Crippen molar-refractivity contribution in [3.63, 3.8) is 0 Å². The number of benzene rings is 1. The molecule has 1 amide bonds. The van der Waals surface area contributed by atoms with E-state index in [1.807, 2.05) is 5.32 Å². The van der Waals surface area contributed by atoms with Crippen molar-refractivity contribution in [1.29, 1.82) is 0 Å². The summed E-state index contributed by atoms with van der Waals surface area (Å²) in [4.78, 5) is 15.4. The molecule has 0 aliphatic rings. The monoisotopic (exact) mass is 366 g/mol. The summed E-state index contributed by atoms with van der Waals surface area (Å²) in [5.74, 6) is -12.6. The SMILES string of the molecule is O=C(Nc1ccncc1Br)c1c(F)c(F)c(F)c(F)c1F. The Morgan fingerprint density at radius 1 is 1.00 bits per heavy atom. The summed E-state index contributed by atoms with van der Waals surface area (Å²) in [5.41, 5.74) is -1.51. The highest BCUT2D eigenvalue weighted by Crippen LogP contribution is 2.25. The fourth-order valence-electron chi connectivity index (χ4n) is 1.47. The van der Waals surface area contributed by atoms with E-state index in [-0.39, 0.29) is 10.2 Å². The van der Waals surface area contributed by atoms with Gasteiger partial charge in [0.1, 0.15) is 5.56 Å². The zero-order valence-electron chi connectivity index (χ0n) is 9.86. The average molecular weight is 367 g/mol. The Morgan fingerprint density at radius 3 is 2.05 bits per heavy atom. The molecule has 0 unspecified atom stereocenters. The first-order valence-corrected chi connectivity index (χ1v) is 6.06. The lowest BCUT2D eigenvalue weighted by atomic mass is 10.1. The molecular weight excluding hydrogens is 363 g/mol. The van der Waals surface area contributed by atoms with Gasteiger partial charge in [0.05, 0.1) is 10.2 Å². The molecule has 0 fully saturated rings. The van der Waals surface area contributed by atoms with Crippen molar-refractivity contribution in [3.8, 4) is 0 Å². The number of halogens is 6. The number of nitrogens with zero attached hydrogens (tertiary/aromatic N) is 1. The number of pyridine rings is 1. The van der Waals surface area contributed by atoms with Crippen LogP contribution < -0.4 is 5.32 Å². The first-order valence-electron chi connectivity index (χ1n) is 5.27. The predicted octanol–water partition coefficient (Wildman–Crippen LogP) is 3.79. The molecule has 0 aliphatic carbocycles. The lowest BCUT2D eigenvalue weighted by Gasteiger charge is -2.10. The zero-order valence-corrected chi connectivity index (χ0v) is 11.4. The van der Waals surface area contributed by atoms with E-state index in [4.69, 9.17) is 0 Å². The van der Waals surface area contributed by atoms with Crippen molar-refractivity contribution < 1.29 is 26.7 Å². The van der Waals surface area contributed by atoms with E-state index in [9.17, 15) is 26.7 Å². The number of nitrogens with one attached hydrogen (secondary N) is 1. The number of hydrogen-bond acceptors (Lipinski definition) is 2. The molecule has 2 aromatic rings. The van der Waals surface area contributed by atoms with Gasteiger partial charge in [-0.3, -0.25) is 9.78 Å². The zero-order chi connectivity index (χ0) is 15.7. The molecule has 1 aromatic heterocycles. The molecule has 0 radical (unpaired) electrons. The Labute approximate surface area is 122 Å². The van der Waals surface area contributed by atoms with Crippen LogP contribution in [0.15, 0.2) is 22.9 Å². The summed E-state index contributed by atoms with van der Waals surface area (Å²) in [6.45, 7) is 0. The van der Waals surface area contributed by atoms with E-state index in [1.54, 1.807) is 0 Å². The van der Waals surface area contributed by atoms with Crippen LogP contribution >= 0.6 is 15.9 Å². The molecule has 3 nitrogen and oxygen atoms in total. The second-order valence-corrected chi connectivity index (χ2v) is 4.61. The lowest BCUT2D eigenvalue weighted by molar-refractivity contribution is 0.101. The topological polar surface area (TPSA) is 42.0 Å². The molecule has 0 saturated heterocycles. The van der Waals surface area contributed by atoms with E-state index >= 15 is 0 Å². The molecule has 9 heteroatoms. The molecule has 1 heterocycles. The van der Waals surface area contributed by atoms with E-state index in [0.717, 1.165) is 0 Å². The molecule has 2 rings (SSSR count). The Balaban J connectivity index is 2.48. The number of carbonyl (C=O) groups excluding carboxylic acids is 1. The number of carbonyl (C=O) groups is 1. The van der Waals surface area contributed by atoms with Crippen LogP contribution in [0.2, 0.25) is 0 Å². The first kappa shape index (κ1) is 15.4. The minimum atomic E-state index is -2.33. The van der Waals surface area contributed by atoms with Crippen molar-refractivity contribution in [2.75, 3.05) is 5.32 Å². The smallest absolute Gasteiger partial charge is 0.261 e. The summed E-state index contributed by atoms with van der Waals surface area (Å²) >= 11 is 3.00. The molecule has 0 atom stereocenters. The number of anilines is 1. The number of aromatic nitrogens is 1. The van der Waals surface area contributed by atoms with Crippen molar-refractivity contribution >= 4 is 27.5 Å². The third-order valence-electron chi connectivity index (χ3n) is 2.46. The fraction of sp³-hybridized carbons (Fsp3) is 0. The first-order chi connectivity index (χ1) is 9.84. The van der Waals surface area contributed by atoms with Crippen LogP contribution in [0.1, 0.15) is 10.4 Å². The summed E-state index contributed by atoms with van der Waals surface area (Å²) in [7, 11) is 0. The third kappa shape index (κ3) is 2.73. The van der Waals surface area contributed by atoms with Crippen LogP contribution in [0.25, 0.3) is 0 Å². The minimum Gasteiger partial charge on any atom is -0.321 e. The standard InChI is InChI=1S/C12H4BrF5N2O/c13-4-3-19-2-1-5(4)20-12(21)6-7(14)9(16)11(18)10(17)8(6)15/h1-3H,(H,19,20,21). The second-order valence-electron chi connectivity index (χ2n) is 3.75. The molecule has 110 valence electrons. The molecule has 0 spiro atoms. The second kappa shape index (κ2) is 5.76. The molecule has 21 heavy (non-hydrogen) atoms. The quantitative estimate of drug-likeness (QED) is 0.499. The van der Waals surface area contributed by atoms with Gasteiger partial charge in [0.2, 0.25) is 5.82 Å². The molecule has 1 aromatic carbocycles. The maximum atomic E-state index is 13.5. The fourth-order valence-corrected chi connectivity index (χ4v) is 1.82. The minimum absolute atomic E-state index is 0.0546. The lowest BCUT2D eigenvalue weighted by Crippen LogP contribution is -2.19. The van der Waals surface area contributed by atoms with Gasteiger partial charge in [-0.2, -0.15) is 0 Å². The van der Waals surface area contributed by atoms with Gasteiger partial charge in [-0.15, -0.1) is 0 Å². The van der Waals surface area contributed by atoms with Crippen LogP contribution in [0.3, 0.4) is 0 Å². The number of amides is 1. The van der Waals surface area contributed by atoms with Gasteiger partial charge in [-0.1, -0.05) is 0 Å². The Bertz CT molecular complexity index is 709. The van der Waals surface area contributed by atoms with E-state index in [0.29, 0.717) is 0 Å². The summed E-state index contributed by atoms with van der Waals surface area (Å²) in [5, 5.41) is 2.02. The summed E-state index contributed by atoms with van der Waals surface area (Å²) < 4.78 is 66.1. The summed E-state index contributed by atoms with van der Waals surface area (Å²) in [6, 6.07) is 1.27. The Kier molecular flexibility index (Phi) is 4.21. The largest absolute Gasteiger partial charge is 0.321 e. The van der Waals surface area contributed by atoms with E-state index in [1.165, 1.54) is 18.5 Å². The van der Waals surface area contributed by atoms with Crippen LogP contribution in [0.5, 0.6) is 0 Å². The number of hydrogen-bond donors (Lipinski definition) is 1. The number of rotatable bonds is 2. The predicted molar refractivity (Wildman–Crippen MR) is 66.1 cm³/mol. The maximum absolute atomic E-state index is 13.5. The van der Waals surface area contributed by atoms with Gasteiger partial charge in [-0.25, -0.2) is 22.0 Å². The highest BCUT2D eigenvalue weighted by Gasteiger charge is 2.29. The molecule has 0 aliphatic heterocycles. The Hall–Kier alpha value is -2.03. The van der Waals surface area contributed by atoms with E-state index < -0.39 is 40.6 Å². The van der Waals surface area contributed by atoms with Crippen molar-refractivity contribution in [2.45, 2.75) is 0 Å².